The summed E-state index contributed by atoms with van der Waals surface area (Å²) in [5.74, 6) is -0.478. The molecule has 0 radical (unpaired) electrons. The number of carboxylic acid groups (broad SMARTS) is 1. The Labute approximate surface area is 159 Å². The van der Waals surface area contributed by atoms with E-state index in [0.717, 1.165) is 30.9 Å². The van der Waals surface area contributed by atoms with Gasteiger partial charge in [0.15, 0.2) is 0 Å². The average molecular weight is 372 g/mol. The van der Waals surface area contributed by atoms with Gasteiger partial charge in [-0.25, -0.2) is 4.39 Å². The zero-order chi connectivity index (χ0) is 19.4. The molecule has 1 fully saturated rings. The van der Waals surface area contributed by atoms with Gasteiger partial charge in [-0.3, -0.25) is 14.6 Å². The molecule has 6 heteroatoms. The second-order valence-electron chi connectivity index (χ2n) is 6.91. The molecule has 2 aromatic carbocycles. The van der Waals surface area contributed by atoms with Gasteiger partial charge in [-0.15, -0.1) is 0 Å². The highest BCUT2D eigenvalue weighted by Crippen LogP contribution is 2.25. The molecule has 1 atom stereocenters. The Kier molecular flexibility index (Phi) is 6.08. The van der Waals surface area contributed by atoms with Crippen molar-refractivity contribution in [2.75, 3.05) is 33.3 Å². The van der Waals surface area contributed by atoms with E-state index in [9.17, 15) is 14.3 Å². The summed E-state index contributed by atoms with van der Waals surface area (Å²) < 4.78 is 19.2. The summed E-state index contributed by atoms with van der Waals surface area (Å²) in [6.45, 7) is 5.23. The van der Waals surface area contributed by atoms with Crippen LogP contribution in [0.3, 0.4) is 0 Å². The van der Waals surface area contributed by atoms with Crippen LogP contribution in [0.2, 0.25) is 0 Å². The fraction of sp³-hybridized carbons (Fsp3) is 0.381. The number of aryl methyl sites for hydroxylation is 1. The SMILES string of the molecule is COc1cccc(CN2CCN([C@@H](C(=O)O)c3ccc(C)c(F)c3)CC2)c1. The largest absolute Gasteiger partial charge is 0.497 e. The molecule has 27 heavy (non-hydrogen) atoms. The van der Waals surface area contributed by atoms with Crippen LogP contribution in [-0.2, 0) is 11.3 Å². The third-order valence-electron chi connectivity index (χ3n) is 5.06. The summed E-state index contributed by atoms with van der Waals surface area (Å²) in [4.78, 5) is 16.0. The molecule has 0 aliphatic carbocycles. The molecule has 1 N–H and O–H groups in total. The van der Waals surface area contributed by atoms with Crippen LogP contribution in [0.5, 0.6) is 5.75 Å². The molecule has 5 nitrogen and oxygen atoms in total. The first kappa shape index (κ1) is 19.3. The first-order chi connectivity index (χ1) is 13.0. The second kappa shape index (κ2) is 8.50. The number of hydrogen-bond donors (Lipinski definition) is 1. The first-order valence-corrected chi connectivity index (χ1v) is 9.06. The van der Waals surface area contributed by atoms with Gasteiger partial charge >= 0.3 is 5.97 Å². The molecule has 0 bridgehead atoms. The number of ether oxygens (including phenoxy) is 1. The number of carboxylic acids is 1. The van der Waals surface area contributed by atoms with Crippen LogP contribution in [-0.4, -0.2) is 54.2 Å². The lowest BCUT2D eigenvalue weighted by Crippen LogP contribution is -2.48. The summed E-state index contributed by atoms with van der Waals surface area (Å²) in [5, 5.41) is 9.71. The van der Waals surface area contributed by atoms with Gasteiger partial charge in [-0.2, -0.15) is 0 Å². The summed E-state index contributed by atoms with van der Waals surface area (Å²) in [5.41, 5.74) is 2.18. The lowest BCUT2D eigenvalue weighted by molar-refractivity contribution is -0.144. The molecule has 1 saturated heterocycles. The molecule has 0 aromatic heterocycles. The van der Waals surface area contributed by atoms with Crippen molar-refractivity contribution < 1.29 is 19.0 Å². The Morgan fingerprint density at radius 3 is 2.56 bits per heavy atom. The fourth-order valence-electron chi connectivity index (χ4n) is 3.50. The smallest absolute Gasteiger partial charge is 0.325 e. The maximum atomic E-state index is 13.9. The zero-order valence-corrected chi connectivity index (χ0v) is 15.7. The molecule has 1 aliphatic heterocycles. The van der Waals surface area contributed by atoms with Crippen molar-refractivity contribution in [2.45, 2.75) is 19.5 Å². The van der Waals surface area contributed by atoms with Crippen LogP contribution in [0.15, 0.2) is 42.5 Å². The minimum absolute atomic E-state index is 0.365. The van der Waals surface area contributed by atoms with Gasteiger partial charge in [0.25, 0.3) is 0 Å². The number of piperazine rings is 1. The number of rotatable bonds is 6. The molecule has 2 aromatic rings. The van der Waals surface area contributed by atoms with Gasteiger partial charge in [0.05, 0.1) is 7.11 Å². The molecule has 1 aliphatic rings. The number of nitrogens with zero attached hydrogens (tertiary/aromatic N) is 2. The normalized spacial score (nSPS) is 16.9. The Balaban J connectivity index is 1.65. The van der Waals surface area contributed by atoms with E-state index in [-0.39, 0.29) is 5.82 Å². The third kappa shape index (κ3) is 4.64. The second-order valence-corrected chi connectivity index (χ2v) is 6.91. The predicted molar refractivity (Wildman–Crippen MR) is 101 cm³/mol. The predicted octanol–water partition coefficient (Wildman–Crippen LogP) is 3.09. The standard InChI is InChI=1S/C21H25FN2O3/c1-15-6-7-17(13-19(15)22)20(21(25)26)24-10-8-23(9-11-24)14-16-4-3-5-18(12-16)27-2/h3-7,12-13,20H,8-11,14H2,1-2H3,(H,25,26)/t20-/m1/s1. The van der Waals surface area contributed by atoms with Crippen molar-refractivity contribution in [3.8, 4) is 5.75 Å². The molecule has 3 rings (SSSR count). The average Bonchev–Trinajstić information content (AvgIpc) is 2.66. The Morgan fingerprint density at radius 2 is 1.93 bits per heavy atom. The Morgan fingerprint density at radius 1 is 1.19 bits per heavy atom. The van der Waals surface area contributed by atoms with Gasteiger partial charge in [-0.05, 0) is 41.8 Å². The summed E-state index contributed by atoms with van der Waals surface area (Å²) in [7, 11) is 1.65. The first-order valence-electron chi connectivity index (χ1n) is 9.06. The van der Waals surface area contributed by atoms with E-state index in [1.807, 2.05) is 23.1 Å². The van der Waals surface area contributed by atoms with Crippen LogP contribution >= 0.6 is 0 Å². The van der Waals surface area contributed by atoms with Gasteiger partial charge in [0.2, 0.25) is 0 Å². The molecule has 0 amide bonds. The van der Waals surface area contributed by atoms with Crippen LogP contribution in [0, 0.1) is 12.7 Å². The van der Waals surface area contributed by atoms with E-state index in [0.29, 0.717) is 24.2 Å². The van der Waals surface area contributed by atoms with E-state index in [4.69, 9.17) is 4.74 Å². The summed E-state index contributed by atoms with van der Waals surface area (Å²) in [6.07, 6.45) is 0. The molecule has 1 heterocycles. The molecular weight excluding hydrogens is 347 g/mol. The van der Waals surface area contributed by atoms with Crippen molar-refractivity contribution in [1.29, 1.82) is 0 Å². The lowest BCUT2D eigenvalue weighted by Gasteiger charge is -2.38. The molecule has 0 unspecified atom stereocenters. The van der Waals surface area contributed by atoms with Crippen molar-refractivity contribution in [2.24, 2.45) is 0 Å². The van der Waals surface area contributed by atoms with Crippen molar-refractivity contribution in [3.63, 3.8) is 0 Å². The van der Waals surface area contributed by atoms with Gasteiger partial charge in [0, 0.05) is 32.7 Å². The quantitative estimate of drug-likeness (QED) is 0.845. The third-order valence-corrected chi connectivity index (χ3v) is 5.06. The van der Waals surface area contributed by atoms with Gasteiger partial charge in [-0.1, -0.05) is 24.3 Å². The fourth-order valence-corrected chi connectivity index (χ4v) is 3.50. The highest BCUT2D eigenvalue weighted by molar-refractivity contribution is 5.75. The van der Waals surface area contributed by atoms with Crippen molar-refractivity contribution >= 4 is 5.97 Å². The summed E-state index contributed by atoms with van der Waals surface area (Å²) >= 11 is 0. The molecular formula is C21H25FN2O3. The molecule has 144 valence electrons. The minimum atomic E-state index is -0.945. The highest BCUT2D eigenvalue weighted by Gasteiger charge is 2.30. The van der Waals surface area contributed by atoms with Crippen LogP contribution in [0.25, 0.3) is 0 Å². The van der Waals surface area contributed by atoms with Crippen LogP contribution < -0.4 is 4.74 Å². The number of hydrogen-bond acceptors (Lipinski definition) is 4. The number of benzene rings is 2. The monoisotopic (exact) mass is 372 g/mol. The van der Waals surface area contributed by atoms with Crippen LogP contribution in [0.1, 0.15) is 22.7 Å². The highest BCUT2D eigenvalue weighted by atomic mass is 19.1. The lowest BCUT2D eigenvalue weighted by atomic mass is 10.0. The molecule has 0 spiro atoms. The topological polar surface area (TPSA) is 53.0 Å². The van der Waals surface area contributed by atoms with E-state index in [1.54, 1.807) is 26.2 Å². The van der Waals surface area contributed by atoms with E-state index in [2.05, 4.69) is 11.0 Å². The number of aliphatic carboxylic acids is 1. The van der Waals surface area contributed by atoms with Gasteiger partial charge in [0.1, 0.15) is 17.6 Å². The zero-order valence-electron chi connectivity index (χ0n) is 15.7. The Hall–Kier alpha value is -2.44. The van der Waals surface area contributed by atoms with E-state index in [1.165, 1.54) is 6.07 Å². The van der Waals surface area contributed by atoms with E-state index >= 15 is 0 Å². The van der Waals surface area contributed by atoms with Crippen molar-refractivity contribution in [3.05, 3.63) is 65.0 Å². The Bertz CT molecular complexity index is 804. The van der Waals surface area contributed by atoms with Crippen molar-refractivity contribution in [1.82, 2.24) is 9.80 Å². The minimum Gasteiger partial charge on any atom is -0.497 e. The maximum Gasteiger partial charge on any atom is 0.325 e. The van der Waals surface area contributed by atoms with Gasteiger partial charge < -0.3 is 9.84 Å². The number of methoxy groups -OCH3 is 1. The van der Waals surface area contributed by atoms with Crippen LogP contribution in [0.4, 0.5) is 4.39 Å². The maximum absolute atomic E-state index is 13.9. The summed E-state index contributed by atoms with van der Waals surface area (Å²) in [6, 6.07) is 11.8. The van der Waals surface area contributed by atoms with E-state index < -0.39 is 12.0 Å². The number of halogens is 1. The number of carbonyl (C=O) groups is 1. The molecule has 0 saturated carbocycles.